The van der Waals surface area contributed by atoms with E-state index in [0.717, 1.165) is 6.07 Å². The minimum absolute atomic E-state index is 0.360. The van der Waals surface area contributed by atoms with E-state index in [0.29, 0.717) is 12.1 Å². The normalized spacial score (nSPS) is 11.6. The molecule has 0 bridgehead atoms. The van der Waals surface area contributed by atoms with Gasteiger partial charge in [-0.05, 0) is 0 Å². The number of rotatable bonds is 2. The second-order valence-corrected chi connectivity index (χ2v) is 4.15. The van der Waals surface area contributed by atoms with Gasteiger partial charge < -0.3 is 5.32 Å². The lowest BCUT2D eigenvalue weighted by Crippen LogP contribution is -2.12. The van der Waals surface area contributed by atoms with Crippen LogP contribution >= 0.6 is 11.6 Å². The van der Waals surface area contributed by atoms with Crippen molar-refractivity contribution >= 4 is 23.1 Å². The van der Waals surface area contributed by atoms with Crippen molar-refractivity contribution in [2.45, 2.75) is 6.18 Å². The molecule has 1 N–H and O–H groups in total. The summed E-state index contributed by atoms with van der Waals surface area (Å²) in [5.74, 6) is -6.02. The van der Waals surface area contributed by atoms with Gasteiger partial charge in [-0.25, -0.2) is 23.1 Å². The zero-order valence-corrected chi connectivity index (χ0v) is 10.5. The maximum Gasteiger partial charge on any atom is 0.451 e. The van der Waals surface area contributed by atoms with E-state index in [9.17, 15) is 26.3 Å². The Morgan fingerprint density at radius 3 is 2.05 bits per heavy atom. The number of benzene rings is 1. The van der Waals surface area contributed by atoms with Gasteiger partial charge in [0.15, 0.2) is 11.6 Å². The van der Waals surface area contributed by atoms with Crippen LogP contribution in [0.15, 0.2) is 18.2 Å². The molecule has 0 aliphatic carbocycles. The molecular formula is C11H4ClF6N3. The fraction of sp³-hybridized carbons (Fsp3) is 0.0909. The van der Waals surface area contributed by atoms with Gasteiger partial charge >= 0.3 is 6.18 Å². The molecule has 0 fully saturated rings. The van der Waals surface area contributed by atoms with Crippen LogP contribution < -0.4 is 5.32 Å². The molecule has 1 aromatic carbocycles. The van der Waals surface area contributed by atoms with Crippen LogP contribution in [0.25, 0.3) is 0 Å². The molecule has 0 atom stereocenters. The summed E-state index contributed by atoms with van der Waals surface area (Å²) < 4.78 is 77.0. The quantitative estimate of drug-likeness (QED) is 0.660. The van der Waals surface area contributed by atoms with Gasteiger partial charge in [-0.2, -0.15) is 13.2 Å². The summed E-state index contributed by atoms with van der Waals surface area (Å²) in [5, 5.41) is 1.39. The van der Waals surface area contributed by atoms with Gasteiger partial charge in [-0.1, -0.05) is 11.6 Å². The Kier molecular flexibility index (Phi) is 3.95. The Bertz CT molecular complexity index is 665. The van der Waals surface area contributed by atoms with Crippen LogP contribution in [0, 0.1) is 17.5 Å². The Morgan fingerprint density at radius 2 is 1.52 bits per heavy atom. The van der Waals surface area contributed by atoms with E-state index in [1.165, 1.54) is 0 Å². The molecule has 21 heavy (non-hydrogen) atoms. The summed E-state index contributed by atoms with van der Waals surface area (Å²) in [6.07, 6.45) is -4.89. The van der Waals surface area contributed by atoms with Gasteiger partial charge in [-0.15, -0.1) is 0 Å². The summed E-state index contributed by atoms with van der Waals surface area (Å²) in [4.78, 5) is 5.99. The molecule has 2 rings (SSSR count). The van der Waals surface area contributed by atoms with Gasteiger partial charge in [0.1, 0.15) is 22.5 Å². The Morgan fingerprint density at radius 1 is 0.952 bits per heavy atom. The first-order chi connectivity index (χ1) is 9.66. The maximum absolute atomic E-state index is 13.4. The molecule has 0 radical (unpaired) electrons. The van der Waals surface area contributed by atoms with Crippen LogP contribution in [0.5, 0.6) is 0 Å². The number of anilines is 2. The lowest BCUT2D eigenvalue weighted by Gasteiger charge is -2.11. The highest BCUT2D eigenvalue weighted by atomic mass is 35.5. The van der Waals surface area contributed by atoms with Crippen LogP contribution in [0.2, 0.25) is 5.15 Å². The van der Waals surface area contributed by atoms with E-state index < -0.39 is 46.1 Å². The summed E-state index contributed by atoms with van der Waals surface area (Å²) in [7, 11) is 0. The van der Waals surface area contributed by atoms with Crippen molar-refractivity contribution in [3.05, 3.63) is 46.6 Å². The minimum atomic E-state index is -4.89. The van der Waals surface area contributed by atoms with Gasteiger partial charge in [0.25, 0.3) is 0 Å². The third kappa shape index (κ3) is 3.54. The average molecular weight is 328 g/mol. The Hall–Kier alpha value is -2.03. The number of nitrogens with zero attached hydrogens (tertiary/aromatic N) is 2. The van der Waals surface area contributed by atoms with Gasteiger partial charge in [0.2, 0.25) is 5.82 Å². The highest BCUT2D eigenvalue weighted by Gasteiger charge is 2.35. The maximum atomic E-state index is 13.4. The molecule has 0 aliphatic rings. The number of hydrogen-bond donors (Lipinski definition) is 1. The number of halogens is 7. The molecule has 10 heteroatoms. The summed E-state index contributed by atoms with van der Waals surface area (Å²) in [6.45, 7) is 0. The number of nitrogens with one attached hydrogen (secondary N) is 1. The highest BCUT2D eigenvalue weighted by molar-refractivity contribution is 6.29. The first-order valence-corrected chi connectivity index (χ1v) is 5.58. The van der Waals surface area contributed by atoms with E-state index in [-0.39, 0.29) is 0 Å². The van der Waals surface area contributed by atoms with E-state index in [4.69, 9.17) is 11.6 Å². The van der Waals surface area contributed by atoms with Crippen LogP contribution in [-0.2, 0) is 6.18 Å². The minimum Gasteiger partial charge on any atom is -0.335 e. The standard InChI is InChI=1S/C11H4ClF6N3/c12-7-3-8(21-10(19-7)11(16,17)18)20-9-5(14)1-4(13)2-6(9)15/h1-3H,(H,19,20,21). The van der Waals surface area contributed by atoms with Crippen LogP contribution in [0.4, 0.5) is 37.8 Å². The third-order valence-corrected chi connectivity index (χ3v) is 2.40. The van der Waals surface area contributed by atoms with E-state index >= 15 is 0 Å². The molecule has 0 amide bonds. The van der Waals surface area contributed by atoms with E-state index in [2.05, 4.69) is 9.97 Å². The monoisotopic (exact) mass is 327 g/mol. The zero-order valence-electron chi connectivity index (χ0n) is 9.77. The zero-order chi connectivity index (χ0) is 15.8. The van der Waals surface area contributed by atoms with Crippen molar-refractivity contribution in [3.8, 4) is 0 Å². The molecule has 1 heterocycles. The van der Waals surface area contributed by atoms with Crippen LogP contribution in [-0.4, -0.2) is 9.97 Å². The average Bonchev–Trinajstić information content (AvgIpc) is 2.32. The van der Waals surface area contributed by atoms with Crippen molar-refractivity contribution in [2.75, 3.05) is 5.32 Å². The summed E-state index contributed by atoms with van der Waals surface area (Å²) in [6, 6.07) is 1.55. The summed E-state index contributed by atoms with van der Waals surface area (Å²) in [5.41, 5.74) is -0.862. The predicted octanol–water partition coefficient (Wildman–Crippen LogP) is 4.31. The summed E-state index contributed by atoms with van der Waals surface area (Å²) >= 11 is 5.39. The second kappa shape index (κ2) is 5.40. The van der Waals surface area contributed by atoms with Crippen molar-refractivity contribution in [1.29, 1.82) is 0 Å². The lowest BCUT2D eigenvalue weighted by molar-refractivity contribution is -0.144. The Balaban J connectivity index is 2.43. The third-order valence-electron chi connectivity index (χ3n) is 2.21. The Labute approximate surface area is 118 Å². The predicted molar refractivity (Wildman–Crippen MR) is 61.6 cm³/mol. The molecule has 0 saturated carbocycles. The fourth-order valence-electron chi connectivity index (χ4n) is 1.40. The molecule has 0 saturated heterocycles. The first kappa shape index (κ1) is 15.4. The van der Waals surface area contributed by atoms with Crippen molar-refractivity contribution in [2.24, 2.45) is 0 Å². The molecule has 3 nitrogen and oxygen atoms in total. The van der Waals surface area contributed by atoms with E-state index in [1.807, 2.05) is 5.32 Å². The van der Waals surface area contributed by atoms with Crippen molar-refractivity contribution < 1.29 is 26.3 Å². The molecule has 2 aromatic rings. The fourth-order valence-corrected chi connectivity index (χ4v) is 1.58. The molecule has 1 aromatic heterocycles. The van der Waals surface area contributed by atoms with Crippen LogP contribution in [0.3, 0.4) is 0 Å². The highest BCUT2D eigenvalue weighted by Crippen LogP contribution is 2.30. The van der Waals surface area contributed by atoms with E-state index in [1.54, 1.807) is 0 Å². The van der Waals surface area contributed by atoms with Crippen molar-refractivity contribution in [1.82, 2.24) is 9.97 Å². The van der Waals surface area contributed by atoms with Gasteiger partial charge in [0.05, 0.1) is 0 Å². The van der Waals surface area contributed by atoms with Gasteiger partial charge in [-0.3, -0.25) is 0 Å². The number of hydrogen-bond acceptors (Lipinski definition) is 3. The molecule has 0 aliphatic heterocycles. The molecule has 112 valence electrons. The molecular weight excluding hydrogens is 324 g/mol. The molecule has 0 spiro atoms. The lowest BCUT2D eigenvalue weighted by atomic mass is 10.2. The number of aromatic nitrogens is 2. The topological polar surface area (TPSA) is 37.8 Å². The smallest absolute Gasteiger partial charge is 0.335 e. The second-order valence-electron chi connectivity index (χ2n) is 3.77. The van der Waals surface area contributed by atoms with Gasteiger partial charge in [0, 0.05) is 18.2 Å². The van der Waals surface area contributed by atoms with Crippen LogP contribution in [0.1, 0.15) is 5.82 Å². The van der Waals surface area contributed by atoms with Crippen molar-refractivity contribution in [3.63, 3.8) is 0 Å². The number of alkyl halides is 3. The first-order valence-electron chi connectivity index (χ1n) is 5.20. The largest absolute Gasteiger partial charge is 0.451 e. The molecule has 0 unspecified atom stereocenters. The SMILES string of the molecule is Fc1cc(F)c(Nc2cc(Cl)nc(C(F)(F)F)n2)c(F)c1.